The van der Waals surface area contributed by atoms with Crippen LogP contribution in [0.4, 0.5) is 11.5 Å². The van der Waals surface area contributed by atoms with E-state index in [1.165, 1.54) is 0 Å². The third-order valence-corrected chi connectivity index (χ3v) is 4.49. The number of hydrogen-bond donors (Lipinski definition) is 2. The zero-order valence-corrected chi connectivity index (χ0v) is 15.7. The van der Waals surface area contributed by atoms with Crippen LogP contribution in [0.3, 0.4) is 0 Å². The summed E-state index contributed by atoms with van der Waals surface area (Å²) >= 11 is 5.98. The van der Waals surface area contributed by atoms with Gasteiger partial charge in [-0.25, -0.2) is 4.98 Å². The lowest BCUT2D eigenvalue weighted by atomic mass is 10.1. The first kappa shape index (κ1) is 18.1. The molecule has 0 atom stereocenters. The number of benzene rings is 2. The second-order valence-corrected chi connectivity index (χ2v) is 6.70. The van der Waals surface area contributed by atoms with Gasteiger partial charge in [0.25, 0.3) is 5.91 Å². The molecule has 28 heavy (non-hydrogen) atoms. The number of amides is 1. The van der Waals surface area contributed by atoms with E-state index in [4.69, 9.17) is 21.1 Å². The molecule has 4 rings (SSSR count). The van der Waals surface area contributed by atoms with Gasteiger partial charge in [0, 0.05) is 35.1 Å². The number of carbonyl (C=O) groups is 1. The Labute approximate surface area is 167 Å². The summed E-state index contributed by atoms with van der Waals surface area (Å²) in [6.07, 6.45) is 2.31. The van der Waals surface area contributed by atoms with Crippen LogP contribution < -0.4 is 20.1 Å². The van der Waals surface area contributed by atoms with E-state index < -0.39 is 0 Å². The topological polar surface area (TPSA) is 72.5 Å². The molecule has 142 valence electrons. The van der Waals surface area contributed by atoms with E-state index in [0.717, 1.165) is 11.3 Å². The van der Waals surface area contributed by atoms with Crippen molar-refractivity contribution in [3.63, 3.8) is 0 Å². The molecule has 3 aromatic rings. The normalized spacial score (nSPS) is 11.9. The average Bonchev–Trinajstić information content (AvgIpc) is 3.16. The summed E-state index contributed by atoms with van der Waals surface area (Å²) < 4.78 is 10.7. The van der Waals surface area contributed by atoms with Gasteiger partial charge in [-0.15, -0.1) is 0 Å². The van der Waals surface area contributed by atoms with Gasteiger partial charge in [0.15, 0.2) is 11.5 Å². The number of hydrogen-bond acceptors (Lipinski definition) is 5. The Morgan fingerprint density at radius 1 is 1.07 bits per heavy atom. The molecule has 2 N–H and O–H groups in total. The number of ether oxygens (including phenoxy) is 2. The van der Waals surface area contributed by atoms with Crippen LogP contribution in [0, 0.1) is 0 Å². The van der Waals surface area contributed by atoms with Crippen molar-refractivity contribution in [1.29, 1.82) is 0 Å². The van der Waals surface area contributed by atoms with Crippen molar-refractivity contribution in [1.82, 2.24) is 10.3 Å². The maximum Gasteiger partial charge on any atom is 0.251 e. The second kappa shape index (κ2) is 8.19. The molecule has 1 aliphatic rings. The van der Waals surface area contributed by atoms with Crippen LogP contribution in [0.15, 0.2) is 60.8 Å². The first-order valence-electron chi connectivity index (χ1n) is 8.83. The first-order chi connectivity index (χ1) is 13.7. The molecule has 0 spiro atoms. The molecule has 2 heterocycles. The quantitative estimate of drug-likeness (QED) is 0.655. The van der Waals surface area contributed by atoms with Gasteiger partial charge in [-0.1, -0.05) is 23.7 Å². The Morgan fingerprint density at radius 2 is 1.96 bits per heavy atom. The van der Waals surface area contributed by atoms with Crippen molar-refractivity contribution in [3.8, 4) is 11.5 Å². The van der Waals surface area contributed by atoms with E-state index in [1.807, 2.05) is 42.5 Å². The van der Waals surface area contributed by atoms with Crippen LogP contribution in [-0.4, -0.2) is 24.2 Å². The molecule has 7 heteroatoms. The molecule has 0 radical (unpaired) electrons. The largest absolute Gasteiger partial charge is 0.454 e. The molecular formula is C21H18ClN3O3. The highest BCUT2D eigenvalue weighted by Crippen LogP contribution is 2.34. The first-order valence-corrected chi connectivity index (χ1v) is 9.20. The van der Waals surface area contributed by atoms with E-state index in [0.29, 0.717) is 40.9 Å². The number of rotatable bonds is 6. The van der Waals surface area contributed by atoms with Gasteiger partial charge in [-0.3, -0.25) is 4.79 Å². The molecule has 0 saturated carbocycles. The summed E-state index contributed by atoms with van der Waals surface area (Å²) in [4.78, 5) is 16.7. The van der Waals surface area contributed by atoms with Gasteiger partial charge < -0.3 is 20.1 Å². The van der Waals surface area contributed by atoms with E-state index in [2.05, 4.69) is 15.6 Å². The number of nitrogens with one attached hydrogen (secondary N) is 2. The number of anilines is 2. The van der Waals surface area contributed by atoms with Crippen molar-refractivity contribution in [2.24, 2.45) is 0 Å². The number of halogens is 1. The van der Waals surface area contributed by atoms with Crippen molar-refractivity contribution >= 4 is 29.0 Å². The Hall–Kier alpha value is -3.25. The molecule has 0 fully saturated rings. The second-order valence-electron chi connectivity index (χ2n) is 6.26. The standard InChI is InChI=1S/C21H18ClN3O3/c22-16-3-1-2-14(10-16)6-8-24-21(26)15-7-9-23-20(11-15)25-17-4-5-18-19(12-17)28-13-27-18/h1-5,7,9-12H,6,8,13H2,(H,23,25)(H,24,26). The average molecular weight is 396 g/mol. The van der Waals surface area contributed by atoms with Crippen molar-refractivity contribution < 1.29 is 14.3 Å². The minimum absolute atomic E-state index is 0.154. The van der Waals surface area contributed by atoms with Gasteiger partial charge >= 0.3 is 0 Å². The Kier molecular flexibility index (Phi) is 5.30. The van der Waals surface area contributed by atoms with Crippen LogP contribution in [0.5, 0.6) is 11.5 Å². The summed E-state index contributed by atoms with van der Waals surface area (Å²) in [7, 11) is 0. The monoisotopic (exact) mass is 395 g/mol. The van der Waals surface area contributed by atoms with Gasteiger partial charge in [0.05, 0.1) is 0 Å². The number of nitrogens with zero attached hydrogens (tertiary/aromatic N) is 1. The highest BCUT2D eigenvalue weighted by atomic mass is 35.5. The fourth-order valence-electron chi connectivity index (χ4n) is 2.88. The fraction of sp³-hybridized carbons (Fsp3) is 0.143. The third kappa shape index (κ3) is 4.35. The third-order valence-electron chi connectivity index (χ3n) is 4.26. The summed E-state index contributed by atoms with van der Waals surface area (Å²) in [6.45, 7) is 0.744. The predicted octanol–water partition coefficient (Wildman–Crippen LogP) is 4.18. The lowest BCUT2D eigenvalue weighted by molar-refractivity contribution is 0.0954. The molecule has 1 amide bonds. The van der Waals surface area contributed by atoms with Crippen molar-refractivity contribution in [2.75, 3.05) is 18.7 Å². The van der Waals surface area contributed by atoms with E-state index in [9.17, 15) is 4.79 Å². The van der Waals surface area contributed by atoms with Gasteiger partial charge in [-0.2, -0.15) is 0 Å². The van der Waals surface area contributed by atoms with Crippen LogP contribution in [-0.2, 0) is 6.42 Å². The Morgan fingerprint density at radius 3 is 2.86 bits per heavy atom. The van der Waals surface area contributed by atoms with Crippen LogP contribution >= 0.6 is 11.6 Å². The zero-order valence-electron chi connectivity index (χ0n) is 14.9. The lowest BCUT2D eigenvalue weighted by Gasteiger charge is -2.09. The van der Waals surface area contributed by atoms with Gasteiger partial charge in [-0.05, 0) is 48.4 Å². The van der Waals surface area contributed by atoms with Crippen LogP contribution in [0.2, 0.25) is 5.02 Å². The Bertz CT molecular complexity index is 1010. The summed E-state index contributed by atoms with van der Waals surface area (Å²) in [6, 6.07) is 16.5. The van der Waals surface area contributed by atoms with Gasteiger partial charge in [0.2, 0.25) is 6.79 Å². The highest BCUT2D eigenvalue weighted by molar-refractivity contribution is 6.30. The van der Waals surface area contributed by atoms with Crippen LogP contribution in [0.1, 0.15) is 15.9 Å². The molecular weight excluding hydrogens is 378 g/mol. The van der Waals surface area contributed by atoms with Crippen molar-refractivity contribution in [3.05, 3.63) is 76.9 Å². The molecule has 1 aromatic heterocycles. The van der Waals surface area contributed by atoms with Gasteiger partial charge in [0.1, 0.15) is 5.82 Å². The van der Waals surface area contributed by atoms with E-state index >= 15 is 0 Å². The number of pyridine rings is 1. The molecule has 0 unspecified atom stereocenters. The minimum Gasteiger partial charge on any atom is -0.454 e. The fourth-order valence-corrected chi connectivity index (χ4v) is 3.09. The molecule has 2 aromatic carbocycles. The summed E-state index contributed by atoms with van der Waals surface area (Å²) in [5.41, 5.74) is 2.41. The van der Waals surface area contributed by atoms with E-state index in [1.54, 1.807) is 18.3 Å². The highest BCUT2D eigenvalue weighted by Gasteiger charge is 2.14. The molecule has 6 nitrogen and oxygen atoms in total. The lowest BCUT2D eigenvalue weighted by Crippen LogP contribution is -2.25. The predicted molar refractivity (Wildman–Crippen MR) is 108 cm³/mol. The maximum atomic E-state index is 12.4. The van der Waals surface area contributed by atoms with Crippen molar-refractivity contribution in [2.45, 2.75) is 6.42 Å². The van der Waals surface area contributed by atoms with Crippen LogP contribution in [0.25, 0.3) is 0 Å². The van der Waals surface area contributed by atoms with E-state index in [-0.39, 0.29) is 12.7 Å². The molecule has 1 aliphatic heterocycles. The molecule has 0 bridgehead atoms. The zero-order chi connectivity index (χ0) is 19.3. The SMILES string of the molecule is O=C(NCCc1cccc(Cl)c1)c1ccnc(Nc2ccc3c(c2)OCO3)c1. The summed E-state index contributed by atoms with van der Waals surface area (Å²) in [5, 5.41) is 6.79. The number of carbonyl (C=O) groups excluding carboxylic acids is 1. The Balaban J connectivity index is 1.37. The smallest absolute Gasteiger partial charge is 0.251 e. The molecule has 0 saturated heterocycles. The minimum atomic E-state index is -0.154. The summed E-state index contributed by atoms with van der Waals surface area (Å²) in [5.74, 6) is 1.81. The number of fused-ring (bicyclic) bond motifs is 1. The molecule has 0 aliphatic carbocycles. The maximum absolute atomic E-state index is 12.4. The number of aromatic nitrogens is 1.